The number of aryl methyl sites for hydroxylation is 2. The molecule has 1 aromatic heterocycles. The maximum atomic E-state index is 12.4. The minimum atomic E-state index is -0.541. The van der Waals surface area contributed by atoms with E-state index >= 15 is 0 Å². The Labute approximate surface area is 132 Å². The van der Waals surface area contributed by atoms with E-state index in [0.29, 0.717) is 32.9 Å². The Hall–Kier alpha value is -2.82. The van der Waals surface area contributed by atoms with Crippen molar-refractivity contribution in [2.75, 3.05) is 6.61 Å². The van der Waals surface area contributed by atoms with Crippen LogP contribution in [0, 0.1) is 13.8 Å². The van der Waals surface area contributed by atoms with Crippen molar-refractivity contribution in [1.29, 1.82) is 0 Å². The van der Waals surface area contributed by atoms with E-state index in [4.69, 9.17) is 9.15 Å². The van der Waals surface area contributed by atoms with Crippen molar-refractivity contribution in [3.8, 4) is 5.75 Å². The Kier molecular flexibility index (Phi) is 3.56. The van der Waals surface area contributed by atoms with Gasteiger partial charge in [-0.1, -0.05) is 0 Å². The maximum Gasteiger partial charge on any atom is 0.344 e. The first kappa shape index (κ1) is 15.1. The third-order valence-electron chi connectivity index (χ3n) is 3.92. The van der Waals surface area contributed by atoms with Gasteiger partial charge in [-0.15, -0.1) is 0 Å². The Morgan fingerprint density at radius 3 is 2.65 bits per heavy atom. The van der Waals surface area contributed by atoms with Crippen LogP contribution in [0.5, 0.6) is 5.75 Å². The van der Waals surface area contributed by atoms with Crippen LogP contribution in [0.4, 0.5) is 0 Å². The molecule has 0 saturated heterocycles. The number of phenols is 1. The third-order valence-corrected chi connectivity index (χ3v) is 3.92. The second kappa shape index (κ2) is 5.43. The minimum Gasteiger partial charge on any atom is -0.508 e. The summed E-state index contributed by atoms with van der Waals surface area (Å²) in [5.74, 6) is -0.425. The lowest BCUT2D eigenvalue weighted by Gasteiger charge is -2.12. The molecule has 0 atom stereocenters. The van der Waals surface area contributed by atoms with Crippen molar-refractivity contribution in [2.45, 2.75) is 20.8 Å². The van der Waals surface area contributed by atoms with Crippen LogP contribution in [0.25, 0.3) is 21.7 Å². The molecular formula is C18H16O5. The fourth-order valence-corrected chi connectivity index (χ4v) is 2.95. The predicted molar refractivity (Wildman–Crippen MR) is 87.1 cm³/mol. The van der Waals surface area contributed by atoms with Crippen LogP contribution >= 0.6 is 0 Å². The predicted octanol–water partition coefficient (Wildman–Crippen LogP) is 3.45. The summed E-state index contributed by atoms with van der Waals surface area (Å²) in [6.07, 6.45) is 0. The summed E-state index contributed by atoms with van der Waals surface area (Å²) in [5, 5.41) is 11.3. The molecule has 0 aliphatic carbocycles. The lowest BCUT2D eigenvalue weighted by atomic mass is 9.95. The molecule has 0 saturated carbocycles. The van der Waals surface area contributed by atoms with Crippen molar-refractivity contribution in [1.82, 2.24) is 0 Å². The molecule has 1 N–H and O–H groups in total. The molecule has 2 aromatic carbocycles. The van der Waals surface area contributed by atoms with Crippen LogP contribution in [0.15, 0.2) is 33.5 Å². The molecular weight excluding hydrogens is 296 g/mol. The highest BCUT2D eigenvalue weighted by Gasteiger charge is 2.20. The third kappa shape index (κ3) is 2.34. The van der Waals surface area contributed by atoms with Gasteiger partial charge in [-0.3, -0.25) is 0 Å². The van der Waals surface area contributed by atoms with Gasteiger partial charge in [0.25, 0.3) is 0 Å². The smallest absolute Gasteiger partial charge is 0.344 e. The number of carbonyl (C=O) groups excluding carboxylic acids is 1. The number of benzene rings is 2. The van der Waals surface area contributed by atoms with E-state index in [1.54, 1.807) is 32.9 Å². The molecule has 118 valence electrons. The number of phenolic OH excluding ortho intramolecular Hbond substituents is 1. The van der Waals surface area contributed by atoms with Crippen LogP contribution in [0.2, 0.25) is 0 Å². The minimum absolute atomic E-state index is 0.0246. The number of ether oxygens (including phenoxy) is 1. The van der Waals surface area contributed by atoms with Gasteiger partial charge in [0.1, 0.15) is 11.3 Å². The Morgan fingerprint density at radius 2 is 1.96 bits per heavy atom. The first-order valence-corrected chi connectivity index (χ1v) is 7.31. The molecule has 0 aliphatic rings. The van der Waals surface area contributed by atoms with Crippen molar-refractivity contribution in [3.63, 3.8) is 0 Å². The van der Waals surface area contributed by atoms with Crippen molar-refractivity contribution in [2.24, 2.45) is 0 Å². The molecule has 0 spiro atoms. The molecule has 3 rings (SSSR count). The van der Waals surface area contributed by atoms with Crippen LogP contribution < -0.4 is 5.63 Å². The topological polar surface area (TPSA) is 76.7 Å². The van der Waals surface area contributed by atoms with E-state index < -0.39 is 11.6 Å². The first-order chi connectivity index (χ1) is 10.9. The highest BCUT2D eigenvalue weighted by atomic mass is 16.5. The molecule has 0 amide bonds. The van der Waals surface area contributed by atoms with Crippen LogP contribution in [-0.4, -0.2) is 17.7 Å². The van der Waals surface area contributed by atoms with Gasteiger partial charge >= 0.3 is 11.6 Å². The summed E-state index contributed by atoms with van der Waals surface area (Å²) < 4.78 is 10.4. The fourth-order valence-electron chi connectivity index (χ4n) is 2.95. The zero-order valence-corrected chi connectivity index (χ0v) is 13.1. The SMILES string of the molecule is CCOC(=O)c1c(C)cc2c(c1C)c(=O)oc1cc(O)ccc12. The standard InChI is InChI=1S/C18H16O5/c1-4-22-17(20)15-9(2)7-13-12-6-5-11(19)8-14(12)23-18(21)16(13)10(15)3/h5-8,19H,4H2,1-3H3. The summed E-state index contributed by atoms with van der Waals surface area (Å²) in [5.41, 5.74) is 1.44. The van der Waals surface area contributed by atoms with E-state index in [2.05, 4.69) is 0 Å². The molecule has 23 heavy (non-hydrogen) atoms. The van der Waals surface area contributed by atoms with Crippen molar-refractivity contribution in [3.05, 3.63) is 51.4 Å². The number of carbonyl (C=O) groups is 1. The zero-order valence-electron chi connectivity index (χ0n) is 13.1. The maximum absolute atomic E-state index is 12.4. The number of fused-ring (bicyclic) bond motifs is 3. The van der Waals surface area contributed by atoms with Gasteiger partial charge in [0.15, 0.2) is 0 Å². The molecule has 0 bridgehead atoms. The summed E-state index contributed by atoms with van der Waals surface area (Å²) in [6, 6.07) is 6.41. The second-order valence-electron chi connectivity index (χ2n) is 5.41. The number of hydrogen-bond acceptors (Lipinski definition) is 5. The molecule has 3 aromatic rings. The van der Waals surface area contributed by atoms with E-state index in [-0.39, 0.29) is 12.4 Å². The number of aromatic hydroxyl groups is 1. The van der Waals surface area contributed by atoms with Crippen LogP contribution in [-0.2, 0) is 4.74 Å². The van der Waals surface area contributed by atoms with Gasteiger partial charge in [0.05, 0.1) is 17.6 Å². The summed E-state index contributed by atoms with van der Waals surface area (Å²) >= 11 is 0. The van der Waals surface area contributed by atoms with E-state index in [0.717, 1.165) is 5.56 Å². The number of hydrogen-bond donors (Lipinski definition) is 1. The average Bonchev–Trinajstić information content (AvgIpc) is 2.46. The molecule has 5 heteroatoms. The highest BCUT2D eigenvalue weighted by Crippen LogP contribution is 2.30. The molecule has 0 fully saturated rings. The largest absolute Gasteiger partial charge is 0.508 e. The lowest BCUT2D eigenvalue weighted by molar-refractivity contribution is 0.0525. The molecule has 0 aliphatic heterocycles. The highest BCUT2D eigenvalue weighted by molar-refractivity contribution is 6.09. The zero-order chi connectivity index (χ0) is 16.7. The Bertz CT molecular complexity index is 998. The van der Waals surface area contributed by atoms with Gasteiger partial charge in [-0.05, 0) is 50.1 Å². The van der Waals surface area contributed by atoms with Gasteiger partial charge < -0.3 is 14.3 Å². The van der Waals surface area contributed by atoms with E-state index in [1.165, 1.54) is 12.1 Å². The van der Waals surface area contributed by atoms with Gasteiger partial charge in [0.2, 0.25) is 0 Å². The molecule has 1 heterocycles. The van der Waals surface area contributed by atoms with Crippen molar-refractivity contribution < 1.29 is 19.1 Å². The second-order valence-corrected chi connectivity index (χ2v) is 5.41. The average molecular weight is 312 g/mol. The Balaban J connectivity index is 2.45. The molecule has 0 unspecified atom stereocenters. The van der Waals surface area contributed by atoms with Gasteiger partial charge in [-0.2, -0.15) is 0 Å². The van der Waals surface area contributed by atoms with E-state index in [9.17, 15) is 14.7 Å². The summed E-state index contributed by atoms with van der Waals surface area (Å²) in [4.78, 5) is 24.5. The van der Waals surface area contributed by atoms with Crippen molar-refractivity contribution >= 4 is 27.7 Å². The first-order valence-electron chi connectivity index (χ1n) is 7.31. The monoisotopic (exact) mass is 312 g/mol. The van der Waals surface area contributed by atoms with E-state index in [1.807, 2.05) is 0 Å². The lowest BCUT2D eigenvalue weighted by Crippen LogP contribution is -2.12. The Morgan fingerprint density at radius 1 is 1.22 bits per heavy atom. The summed E-state index contributed by atoms with van der Waals surface area (Å²) in [7, 11) is 0. The quantitative estimate of drug-likeness (QED) is 0.445. The summed E-state index contributed by atoms with van der Waals surface area (Å²) in [6.45, 7) is 5.52. The van der Waals surface area contributed by atoms with Crippen LogP contribution in [0.3, 0.4) is 0 Å². The fraction of sp³-hybridized carbons (Fsp3) is 0.222. The molecule has 0 radical (unpaired) electrons. The number of rotatable bonds is 2. The van der Waals surface area contributed by atoms with Gasteiger partial charge in [-0.25, -0.2) is 9.59 Å². The normalized spacial score (nSPS) is 11.1. The van der Waals surface area contributed by atoms with Gasteiger partial charge in [0, 0.05) is 16.8 Å². The van der Waals surface area contributed by atoms with Crippen LogP contribution in [0.1, 0.15) is 28.4 Å². The number of esters is 1. The molecule has 5 nitrogen and oxygen atoms in total.